The molecule has 0 spiro atoms. The van der Waals surface area contributed by atoms with Crippen molar-refractivity contribution in [2.24, 2.45) is 5.92 Å². The second-order valence-electron chi connectivity index (χ2n) is 4.62. The number of carbonyl (C=O) groups is 1. The van der Waals surface area contributed by atoms with Gasteiger partial charge in [0, 0.05) is 5.57 Å². The Bertz CT molecular complexity index is 564. The van der Waals surface area contributed by atoms with Gasteiger partial charge in [0.25, 0.3) is 0 Å². The zero-order valence-electron chi connectivity index (χ0n) is 10.2. The van der Waals surface area contributed by atoms with Gasteiger partial charge in [-0.25, -0.2) is 4.79 Å². The van der Waals surface area contributed by atoms with Gasteiger partial charge in [-0.1, -0.05) is 54.6 Å². The third-order valence-corrected chi connectivity index (χ3v) is 3.39. The third-order valence-electron chi connectivity index (χ3n) is 3.39. The van der Waals surface area contributed by atoms with Crippen molar-refractivity contribution in [3.8, 4) is 0 Å². The highest BCUT2D eigenvalue weighted by molar-refractivity contribution is 5.94. The first-order valence-electron chi connectivity index (χ1n) is 6.11. The molecule has 0 bridgehead atoms. The summed E-state index contributed by atoms with van der Waals surface area (Å²) < 4.78 is 5.29. The second kappa shape index (κ2) is 4.30. The first kappa shape index (κ1) is 11.0. The molecule has 1 fully saturated rings. The molecule has 2 aliphatic rings. The summed E-state index contributed by atoms with van der Waals surface area (Å²) in [6.07, 6.45) is 7.87. The van der Waals surface area contributed by atoms with Crippen LogP contribution >= 0.6 is 0 Å². The summed E-state index contributed by atoms with van der Waals surface area (Å²) in [6, 6.07) is 10.1. The largest absolute Gasteiger partial charge is 0.458 e. The maximum absolute atomic E-state index is 11.7. The highest BCUT2D eigenvalue weighted by atomic mass is 16.5. The van der Waals surface area contributed by atoms with E-state index in [1.54, 1.807) is 0 Å². The Morgan fingerprint density at radius 1 is 1.22 bits per heavy atom. The van der Waals surface area contributed by atoms with Crippen LogP contribution in [0.4, 0.5) is 0 Å². The molecule has 0 aromatic heterocycles. The number of allylic oxidation sites excluding steroid dienone is 3. The lowest BCUT2D eigenvalue weighted by Gasteiger charge is -2.17. The molecule has 1 aromatic carbocycles. The monoisotopic (exact) mass is 238 g/mol. The molecule has 2 heteroatoms. The van der Waals surface area contributed by atoms with Crippen LogP contribution in [0, 0.1) is 5.92 Å². The Hall–Kier alpha value is -2.09. The van der Waals surface area contributed by atoms with Gasteiger partial charge in [-0.2, -0.15) is 0 Å². The molecule has 2 unspecified atom stereocenters. The Morgan fingerprint density at radius 3 is 2.78 bits per heavy atom. The second-order valence-corrected chi connectivity index (χ2v) is 4.62. The Balaban J connectivity index is 2.00. The average Bonchev–Trinajstić information content (AvgIpc) is 2.67. The first-order valence-corrected chi connectivity index (χ1v) is 6.11. The summed E-state index contributed by atoms with van der Waals surface area (Å²) in [5.41, 5.74) is 3.05. The van der Waals surface area contributed by atoms with E-state index in [0.717, 1.165) is 16.7 Å². The topological polar surface area (TPSA) is 26.3 Å². The summed E-state index contributed by atoms with van der Waals surface area (Å²) in [7, 11) is 0. The maximum Gasteiger partial charge on any atom is 0.335 e. The van der Waals surface area contributed by atoms with Crippen LogP contribution in [0.3, 0.4) is 0 Å². The van der Waals surface area contributed by atoms with E-state index in [9.17, 15) is 4.79 Å². The van der Waals surface area contributed by atoms with E-state index >= 15 is 0 Å². The van der Waals surface area contributed by atoms with Crippen LogP contribution in [0.5, 0.6) is 0 Å². The molecule has 90 valence electrons. The number of benzene rings is 1. The van der Waals surface area contributed by atoms with Crippen LogP contribution in [-0.4, -0.2) is 12.1 Å². The minimum atomic E-state index is -0.184. The fraction of sp³-hybridized carbons (Fsp3) is 0.188. The van der Waals surface area contributed by atoms with Crippen molar-refractivity contribution in [1.29, 1.82) is 0 Å². The third kappa shape index (κ3) is 1.80. The normalized spacial score (nSPS) is 27.9. The van der Waals surface area contributed by atoms with Gasteiger partial charge in [0.05, 0.1) is 5.92 Å². The molecular weight excluding hydrogens is 224 g/mol. The van der Waals surface area contributed by atoms with Crippen molar-refractivity contribution in [2.75, 3.05) is 0 Å². The van der Waals surface area contributed by atoms with E-state index in [1.165, 1.54) is 0 Å². The molecule has 0 amide bonds. The number of rotatable bonds is 1. The SMILES string of the molecule is CC1OC(=O)C2=CC=CC(=Cc3ccccc3)C21. The summed E-state index contributed by atoms with van der Waals surface area (Å²) in [5.74, 6) is -0.112. The highest BCUT2D eigenvalue weighted by Gasteiger charge is 2.39. The van der Waals surface area contributed by atoms with Crippen molar-refractivity contribution < 1.29 is 9.53 Å². The van der Waals surface area contributed by atoms with Gasteiger partial charge in [-0.3, -0.25) is 0 Å². The zero-order chi connectivity index (χ0) is 12.5. The molecule has 3 rings (SSSR count). The number of hydrogen-bond donors (Lipinski definition) is 0. The fourth-order valence-electron chi connectivity index (χ4n) is 2.55. The number of carbonyl (C=O) groups excluding carboxylic acids is 1. The summed E-state index contributed by atoms with van der Waals surface area (Å²) in [6.45, 7) is 1.95. The van der Waals surface area contributed by atoms with Crippen LogP contribution in [-0.2, 0) is 9.53 Å². The number of ether oxygens (including phenoxy) is 1. The maximum atomic E-state index is 11.7. The molecule has 1 saturated heterocycles. The van der Waals surface area contributed by atoms with Gasteiger partial charge in [-0.05, 0) is 18.1 Å². The Kier molecular flexibility index (Phi) is 2.63. The smallest absolute Gasteiger partial charge is 0.335 e. The average molecular weight is 238 g/mol. The van der Waals surface area contributed by atoms with Gasteiger partial charge in [0.15, 0.2) is 0 Å². The summed E-state index contributed by atoms with van der Waals surface area (Å²) in [5, 5.41) is 0. The standard InChI is InChI=1S/C16H14O2/c1-11-15-13(10-12-6-3-2-4-7-12)8-5-9-14(15)16(17)18-11/h2-11,15H,1H3. The lowest BCUT2D eigenvalue weighted by molar-refractivity contribution is -0.138. The predicted molar refractivity (Wildman–Crippen MR) is 70.7 cm³/mol. The van der Waals surface area contributed by atoms with E-state index in [4.69, 9.17) is 4.74 Å². The van der Waals surface area contributed by atoms with E-state index < -0.39 is 0 Å². The molecule has 0 radical (unpaired) electrons. The minimum absolute atomic E-state index is 0.0720. The quantitative estimate of drug-likeness (QED) is 0.703. The molecular formula is C16H14O2. The van der Waals surface area contributed by atoms with Crippen molar-refractivity contribution in [3.05, 3.63) is 65.3 Å². The number of esters is 1. The predicted octanol–water partition coefficient (Wildman–Crippen LogP) is 3.13. The van der Waals surface area contributed by atoms with Crippen molar-refractivity contribution in [2.45, 2.75) is 13.0 Å². The van der Waals surface area contributed by atoms with Gasteiger partial charge in [0.2, 0.25) is 0 Å². The molecule has 1 aromatic rings. The van der Waals surface area contributed by atoms with E-state index in [-0.39, 0.29) is 18.0 Å². The van der Waals surface area contributed by atoms with E-state index in [1.807, 2.05) is 37.3 Å². The molecule has 0 saturated carbocycles. The summed E-state index contributed by atoms with van der Waals surface area (Å²) >= 11 is 0. The minimum Gasteiger partial charge on any atom is -0.458 e. The first-order chi connectivity index (χ1) is 8.75. The number of hydrogen-bond acceptors (Lipinski definition) is 2. The van der Waals surface area contributed by atoms with Crippen molar-refractivity contribution in [3.63, 3.8) is 0 Å². The molecule has 1 aliphatic carbocycles. The van der Waals surface area contributed by atoms with Crippen LogP contribution in [0.1, 0.15) is 12.5 Å². The van der Waals surface area contributed by atoms with Gasteiger partial charge in [-0.15, -0.1) is 0 Å². The van der Waals surface area contributed by atoms with Crippen LogP contribution in [0.15, 0.2) is 59.7 Å². The molecule has 2 nitrogen and oxygen atoms in total. The van der Waals surface area contributed by atoms with Gasteiger partial charge in [0.1, 0.15) is 6.10 Å². The van der Waals surface area contributed by atoms with Crippen molar-refractivity contribution >= 4 is 12.0 Å². The molecule has 1 aliphatic heterocycles. The molecule has 2 atom stereocenters. The molecule has 1 heterocycles. The van der Waals surface area contributed by atoms with Crippen LogP contribution < -0.4 is 0 Å². The van der Waals surface area contributed by atoms with Gasteiger partial charge >= 0.3 is 5.97 Å². The zero-order valence-corrected chi connectivity index (χ0v) is 10.2. The lowest BCUT2D eigenvalue weighted by atomic mass is 9.84. The van der Waals surface area contributed by atoms with Crippen LogP contribution in [0.2, 0.25) is 0 Å². The number of cyclic esters (lactones) is 1. The lowest BCUT2D eigenvalue weighted by Crippen LogP contribution is -2.15. The van der Waals surface area contributed by atoms with Crippen LogP contribution in [0.25, 0.3) is 6.08 Å². The molecule has 18 heavy (non-hydrogen) atoms. The Morgan fingerprint density at radius 2 is 2.00 bits per heavy atom. The number of fused-ring (bicyclic) bond motifs is 1. The van der Waals surface area contributed by atoms with Gasteiger partial charge < -0.3 is 4.74 Å². The van der Waals surface area contributed by atoms with E-state index in [0.29, 0.717) is 0 Å². The summed E-state index contributed by atoms with van der Waals surface area (Å²) in [4.78, 5) is 11.7. The van der Waals surface area contributed by atoms with E-state index in [2.05, 4.69) is 24.3 Å². The molecule has 0 N–H and O–H groups in total. The Labute approximate surface area is 106 Å². The highest BCUT2D eigenvalue weighted by Crippen LogP contribution is 2.37. The fourth-order valence-corrected chi connectivity index (χ4v) is 2.55. The van der Waals surface area contributed by atoms with Crippen molar-refractivity contribution in [1.82, 2.24) is 0 Å².